The summed E-state index contributed by atoms with van der Waals surface area (Å²) in [5.74, 6) is 0.205. The third kappa shape index (κ3) is 3.76. The highest BCUT2D eigenvalue weighted by Crippen LogP contribution is 2.18. The first-order valence-corrected chi connectivity index (χ1v) is 5.97. The summed E-state index contributed by atoms with van der Waals surface area (Å²) < 4.78 is 0. The molecule has 1 aliphatic heterocycles. The molecule has 0 aromatic heterocycles. The molecule has 0 saturated carbocycles. The smallest absolute Gasteiger partial charge is 0.240 e. The van der Waals surface area contributed by atoms with E-state index in [1.807, 2.05) is 14.1 Å². The second-order valence-corrected chi connectivity index (χ2v) is 5.98. The average Bonchev–Trinajstić information content (AvgIpc) is 2.15. The quantitative estimate of drug-likeness (QED) is 0.741. The Morgan fingerprint density at radius 2 is 2.06 bits per heavy atom. The molecule has 1 unspecified atom stereocenters. The van der Waals surface area contributed by atoms with E-state index >= 15 is 0 Å². The Hall–Kier alpha value is -0.610. The van der Waals surface area contributed by atoms with Crippen LogP contribution in [0.4, 0.5) is 0 Å². The zero-order chi connectivity index (χ0) is 12.3. The van der Waals surface area contributed by atoms with Gasteiger partial charge in [-0.15, -0.1) is 0 Å². The molecular weight excluding hydrogens is 202 g/mol. The molecule has 1 N–H and O–H groups in total. The number of amides is 1. The van der Waals surface area contributed by atoms with Crippen molar-refractivity contribution in [3.05, 3.63) is 0 Å². The predicted octanol–water partition coefficient (Wildman–Crippen LogP) is 0.395. The Balaban J connectivity index is 2.68. The van der Waals surface area contributed by atoms with E-state index in [1.54, 1.807) is 4.90 Å². The lowest BCUT2D eigenvalue weighted by Crippen LogP contribution is -2.59. The van der Waals surface area contributed by atoms with Gasteiger partial charge in [-0.2, -0.15) is 0 Å². The number of rotatable bonds is 2. The largest absolute Gasteiger partial charge is 0.347 e. The highest BCUT2D eigenvalue weighted by Gasteiger charge is 2.31. The molecule has 1 aliphatic rings. The fraction of sp³-hybridized carbons (Fsp3) is 0.917. The summed E-state index contributed by atoms with van der Waals surface area (Å²) in [6.45, 7) is 10.3. The van der Waals surface area contributed by atoms with E-state index in [4.69, 9.17) is 0 Å². The number of piperazine rings is 1. The molecule has 0 aliphatic carbocycles. The van der Waals surface area contributed by atoms with E-state index in [0.717, 1.165) is 26.2 Å². The Morgan fingerprint density at radius 1 is 1.44 bits per heavy atom. The van der Waals surface area contributed by atoms with E-state index in [0.29, 0.717) is 0 Å². The van der Waals surface area contributed by atoms with Gasteiger partial charge in [0.1, 0.15) is 6.04 Å². The van der Waals surface area contributed by atoms with Crippen LogP contribution in [0.2, 0.25) is 0 Å². The lowest BCUT2D eigenvalue weighted by molar-refractivity contribution is -0.135. The van der Waals surface area contributed by atoms with Crippen molar-refractivity contribution in [2.75, 3.05) is 40.3 Å². The summed E-state index contributed by atoms with van der Waals surface area (Å²) in [6.07, 6.45) is 0. The number of nitrogens with zero attached hydrogens (tertiary/aromatic N) is 2. The van der Waals surface area contributed by atoms with E-state index in [2.05, 4.69) is 31.0 Å². The number of likely N-dealkylation sites (N-methyl/N-ethyl adjacent to an activating group) is 1. The molecule has 4 nitrogen and oxygen atoms in total. The molecule has 1 rings (SSSR count). The van der Waals surface area contributed by atoms with Crippen molar-refractivity contribution in [2.45, 2.75) is 26.8 Å². The van der Waals surface area contributed by atoms with Crippen LogP contribution in [0.3, 0.4) is 0 Å². The summed E-state index contributed by atoms with van der Waals surface area (Å²) in [7, 11) is 3.65. The standard InChI is InChI=1S/C12H25N3O/c1-12(2,3)9-15-7-6-13-8-10(15)11(16)14(4)5/h10,13H,6-9H2,1-5H3. The van der Waals surface area contributed by atoms with Gasteiger partial charge in [-0.05, 0) is 5.41 Å². The van der Waals surface area contributed by atoms with Crippen LogP contribution in [0, 0.1) is 5.41 Å². The Labute approximate surface area is 99.0 Å². The van der Waals surface area contributed by atoms with Crippen molar-refractivity contribution < 1.29 is 4.79 Å². The molecule has 4 heteroatoms. The third-order valence-corrected chi connectivity index (χ3v) is 2.76. The Kier molecular flexibility index (Phi) is 4.33. The van der Waals surface area contributed by atoms with Crippen molar-refractivity contribution in [1.82, 2.24) is 15.1 Å². The molecule has 1 fully saturated rings. The molecule has 1 saturated heterocycles. The lowest BCUT2D eigenvalue weighted by atomic mass is 9.94. The number of carbonyl (C=O) groups excluding carboxylic acids is 1. The highest BCUT2D eigenvalue weighted by molar-refractivity contribution is 5.81. The molecule has 94 valence electrons. The van der Waals surface area contributed by atoms with Gasteiger partial charge in [-0.25, -0.2) is 0 Å². The van der Waals surface area contributed by atoms with Crippen molar-refractivity contribution in [2.24, 2.45) is 5.41 Å². The minimum Gasteiger partial charge on any atom is -0.347 e. The average molecular weight is 227 g/mol. The van der Waals surface area contributed by atoms with Gasteiger partial charge in [0.25, 0.3) is 0 Å². The third-order valence-electron chi connectivity index (χ3n) is 2.76. The number of hydrogen-bond acceptors (Lipinski definition) is 3. The monoisotopic (exact) mass is 227 g/mol. The fourth-order valence-corrected chi connectivity index (χ4v) is 2.09. The maximum atomic E-state index is 12.0. The number of nitrogens with one attached hydrogen (secondary N) is 1. The molecular formula is C12H25N3O. The van der Waals surface area contributed by atoms with Crippen LogP contribution in [0.1, 0.15) is 20.8 Å². The molecule has 0 bridgehead atoms. The first-order chi connectivity index (χ1) is 7.31. The van der Waals surface area contributed by atoms with Crippen LogP contribution in [0.5, 0.6) is 0 Å². The minimum absolute atomic E-state index is 0.00275. The van der Waals surface area contributed by atoms with Crippen LogP contribution in [0.25, 0.3) is 0 Å². The van der Waals surface area contributed by atoms with Crippen LogP contribution in [0.15, 0.2) is 0 Å². The van der Waals surface area contributed by atoms with E-state index in [1.165, 1.54) is 0 Å². The maximum Gasteiger partial charge on any atom is 0.240 e. The first-order valence-electron chi connectivity index (χ1n) is 5.97. The van der Waals surface area contributed by atoms with E-state index in [-0.39, 0.29) is 17.4 Å². The topological polar surface area (TPSA) is 35.6 Å². The van der Waals surface area contributed by atoms with Gasteiger partial charge in [0.2, 0.25) is 5.91 Å². The van der Waals surface area contributed by atoms with Gasteiger partial charge < -0.3 is 10.2 Å². The zero-order valence-electron chi connectivity index (χ0n) is 11.2. The molecule has 0 aromatic carbocycles. The maximum absolute atomic E-state index is 12.0. The summed E-state index contributed by atoms with van der Waals surface area (Å²) >= 11 is 0. The van der Waals surface area contributed by atoms with Gasteiger partial charge >= 0.3 is 0 Å². The highest BCUT2D eigenvalue weighted by atomic mass is 16.2. The molecule has 0 radical (unpaired) electrons. The van der Waals surface area contributed by atoms with Gasteiger partial charge in [0, 0.05) is 40.3 Å². The summed E-state index contributed by atoms with van der Waals surface area (Å²) in [5, 5.41) is 3.30. The molecule has 1 atom stereocenters. The molecule has 0 aromatic rings. The predicted molar refractivity (Wildman–Crippen MR) is 66.4 cm³/mol. The zero-order valence-corrected chi connectivity index (χ0v) is 11.2. The van der Waals surface area contributed by atoms with Crippen molar-refractivity contribution >= 4 is 5.91 Å². The first kappa shape index (κ1) is 13.5. The van der Waals surface area contributed by atoms with Crippen molar-refractivity contribution in [3.63, 3.8) is 0 Å². The molecule has 16 heavy (non-hydrogen) atoms. The molecule has 0 spiro atoms. The Morgan fingerprint density at radius 3 is 2.56 bits per heavy atom. The van der Waals surface area contributed by atoms with E-state index < -0.39 is 0 Å². The summed E-state index contributed by atoms with van der Waals surface area (Å²) in [6, 6.07) is 0.00275. The SMILES string of the molecule is CN(C)C(=O)C1CNCCN1CC(C)(C)C. The van der Waals surface area contributed by atoms with E-state index in [9.17, 15) is 4.79 Å². The molecule has 1 amide bonds. The van der Waals surface area contributed by atoms with Crippen LogP contribution in [-0.4, -0.2) is 62.0 Å². The second kappa shape index (κ2) is 5.15. The van der Waals surface area contributed by atoms with Crippen LogP contribution < -0.4 is 5.32 Å². The second-order valence-electron chi connectivity index (χ2n) is 5.98. The Bertz CT molecular complexity index is 245. The number of carbonyl (C=O) groups is 1. The lowest BCUT2D eigenvalue weighted by Gasteiger charge is -2.39. The van der Waals surface area contributed by atoms with Crippen molar-refractivity contribution in [1.29, 1.82) is 0 Å². The van der Waals surface area contributed by atoms with Gasteiger partial charge in [0.05, 0.1) is 0 Å². The molecule has 1 heterocycles. The van der Waals surface area contributed by atoms with Crippen LogP contribution in [-0.2, 0) is 4.79 Å². The van der Waals surface area contributed by atoms with Crippen LogP contribution >= 0.6 is 0 Å². The van der Waals surface area contributed by atoms with Crippen molar-refractivity contribution in [3.8, 4) is 0 Å². The normalized spacial score (nSPS) is 23.2. The fourth-order valence-electron chi connectivity index (χ4n) is 2.09. The van der Waals surface area contributed by atoms with Gasteiger partial charge in [-0.3, -0.25) is 9.69 Å². The number of hydrogen-bond donors (Lipinski definition) is 1. The van der Waals surface area contributed by atoms with Gasteiger partial charge in [-0.1, -0.05) is 20.8 Å². The summed E-state index contributed by atoms with van der Waals surface area (Å²) in [5.41, 5.74) is 0.238. The summed E-state index contributed by atoms with van der Waals surface area (Å²) in [4.78, 5) is 16.0. The van der Waals surface area contributed by atoms with Gasteiger partial charge in [0.15, 0.2) is 0 Å². The minimum atomic E-state index is 0.00275.